The van der Waals surface area contributed by atoms with E-state index >= 15 is 0 Å². The number of carbonyl (C=O) groups excluding carboxylic acids is 1. The van der Waals surface area contributed by atoms with Crippen LogP contribution in [-0.4, -0.2) is 46.9 Å². The fourth-order valence-electron chi connectivity index (χ4n) is 3.08. The summed E-state index contributed by atoms with van der Waals surface area (Å²) in [7, 11) is 0. The number of fused-ring (bicyclic) bond motifs is 1. The van der Waals surface area contributed by atoms with Gasteiger partial charge in [-0.15, -0.1) is 0 Å². The highest BCUT2D eigenvalue weighted by Gasteiger charge is 2.26. The number of halogens is 2. The molecule has 144 valence electrons. The smallest absolute Gasteiger partial charge is 0.270 e. The van der Waals surface area contributed by atoms with Gasteiger partial charge < -0.3 is 9.80 Å². The molecule has 1 saturated heterocycles. The molecule has 28 heavy (non-hydrogen) atoms. The zero-order chi connectivity index (χ0) is 19.8. The summed E-state index contributed by atoms with van der Waals surface area (Å²) in [6.07, 6.45) is 0. The second-order valence-electron chi connectivity index (χ2n) is 6.31. The van der Waals surface area contributed by atoms with E-state index in [0.29, 0.717) is 26.2 Å². The van der Waals surface area contributed by atoms with Gasteiger partial charge in [0.2, 0.25) is 0 Å². The number of thiazole rings is 1. The molecule has 1 aliphatic rings. The maximum atomic E-state index is 12.8. The Morgan fingerprint density at radius 2 is 1.93 bits per heavy atom. The number of anilines is 1. The Bertz CT molecular complexity index is 1080. The Morgan fingerprint density at radius 1 is 1.18 bits per heavy atom. The third-order valence-corrected chi connectivity index (χ3v) is 6.47. The number of benzene rings is 2. The van der Waals surface area contributed by atoms with Crippen LogP contribution in [0.1, 0.15) is 10.4 Å². The zero-order valence-corrected chi connectivity index (χ0v) is 17.6. The van der Waals surface area contributed by atoms with E-state index in [0.717, 1.165) is 19.8 Å². The summed E-state index contributed by atoms with van der Waals surface area (Å²) in [5.41, 5.74) is 0.964. The summed E-state index contributed by atoms with van der Waals surface area (Å²) in [6, 6.07) is 9.91. The second kappa shape index (κ2) is 7.65. The molecule has 1 fully saturated rings. The van der Waals surface area contributed by atoms with Gasteiger partial charge in [-0.05, 0) is 24.3 Å². The van der Waals surface area contributed by atoms with Gasteiger partial charge >= 0.3 is 0 Å². The van der Waals surface area contributed by atoms with Crippen LogP contribution < -0.4 is 4.90 Å². The van der Waals surface area contributed by atoms with Crippen LogP contribution in [0.15, 0.2) is 40.9 Å². The van der Waals surface area contributed by atoms with Crippen LogP contribution in [-0.2, 0) is 0 Å². The Balaban J connectivity index is 1.48. The quantitative estimate of drug-likeness (QED) is 0.404. The largest absolute Gasteiger partial charge is 0.345 e. The molecule has 0 spiro atoms. The van der Waals surface area contributed by atoms with Gasteiger partial charge in [0.15, 0.2) is 5.13 Å². The third kappa shape index (κ3) is 3.69. The van der Waals surface area contributed by atoms with Crippen molar-refractivity contribution in [3.63, 3.8) is 0 Å². The molecule has 2 heterocycles. The molecular weight excluding hydrogens is 468 g/mol. The number of amides is 1. The summed E-state index contributed by atoms with van der Waals surface area (Å²) in [4.78, 5) is 31.7. The minimum Gasteiger partial charge on any atom is -0.345 e. The van der Waals surface area contributed by atoms with Crippen molar-refractivity contribution in [1.29, 1.82) is 0 Å². The Kier molecular flexibility index (Phi) is 5.22. The normalized spacial score (nSPS) is 14.5. The maximum absolute atomic E-state index is 12.8. The van der Waals surface area contributed by atoms with Gasteiger partial charge in [-0.25, -0.2) is 4.98 Å². The summed E-state index contributed by atoms with van der Waals surface area (Å²) in [5.74, 6) is -0.290. The van der Waals surface area contributed by atoms with E-state index in [1.54, 1.807) is 16.2 Å². The molecule has 0 bridgehead atoms. The number of nitro benzene ring substituents is 1. The van der Waals surface area contributed by atoms with Crippen LogP contribution in [0.4, 0.5) is 10.8 Å². The van der Waals surface area contributed by atoms with E-state index in [1.807, 2.05) is 18.2 Å². The third-order valence-electron chi connectivity index (χ3n) is 4.57. The van der Waals surface area contributed by atoms with E-state index in [1.165, 1.54) is 18.2 Å². The predicted octanol–water partition coefficient (Wildman–Crippen LogP) is 4.58. The average molecular weight is 482 g/mol. The first-order valence-electron chi connectivity index (χ1n) is 8.46. The molecule has 0 N–H and O–H groups in total. The standard InChI is InChI=1S/C18H14BrClN4O3S/c19-11-1-4-15-16(9-11)28-18(21-15)23-7-5-22(6-8-23)17(25)13-10-12(24(26)27)2-3-14(13)20/h1-4,9-10H,5-8H2. The van der Waals surface area contributed by atoms with Crippen molar-refractivity contribution < 1.29 is 9.72 Å². The molecule has 4 rings (SSSR count). The van der Waals surface area contributed by atoms with Gasteiger partial charge in [0.05, 0.1) is 25.7 Å². The van der Waals surface area contributed by atoms with Gasteiger partial charge in [-0.1, -0.05) is 38.9 Å². The van der Waals surface area contributed by atoms with Crippen LogP contribution in [0, 0.1) is 10.1 Å². The Hall–Kier alpha value is -2.23. The SMILES string of the molecule is O=C(c1cc([N+](=O)[O-])ccc1Cl)N1CCN(c2nc3ccc(Br)cc3s2)CC1. The topological polar surface area (TPSA) is 79.6 Å². The lowest BCUT2D eigenvalue weighted by Crippen LogP contribution is -2.48. The molecule has 10 heteroatoms. The van der Waals surface area contributed by atoms with Crippen molar-refractivity contribution in [3.05, 3.63) is 61.6 Å². The van der Waals surface area contributed by atoms with Crippen molar-refractivity contribution >= 4 is 65.8 Å². The lowest BCUT2D eigenvalue weighted by atomic mass is 10.1. The van der Waals surface area contributed by atoms with Crippen LogP contribution in [0.3, 0.4) is 0 Å². The number of carbonyl (C=O) groups is 1. The average Bonchev–Trinajstić information content (AvgIpc) is 3.11. The van der Waals surface area contributed by atoms with Gasteiger partial charge in [0, 0.05) is 42.8 Å². The van der Waals surface area contributed by atoms with Crippen LogP contribution in [0.5, 0.6) is 0 Å². The molecular formula is C18H14BrClN4O3S. The molecule has 0 aliphatic carbocycles. The number of hydrogen-bond acceptors (Lipinski definition) is 6. The highest BCUT2D eigenvalue weighted by molar-refractivity contribution is 9.10. The van der Waals surface area contributed by atoms with E-state index < -0.39 is 4.92 Å². The first kappa shape index (κ1) is 19.1. The molecule has 2 aromatic carbocycles. The van der Waals surface area contributed by atoms with Crippen molar-refractivity contribution in [2.45, 2.75) is 0 Å². The lowest BCUT2D eigenvalue weighted by Gasteiger charge is -2.34. The monoisotopic (exact) mass is 480 g/mol. The lowest BCUT2D eigenvalue weighted by molar-refractivity contribution is -0.384. The van der Waals surface area contributed by atoms with E-state index in [2.05, 4.69) is 25.8 Å². The number of hydrogen-bond donors (Lipinski definition) is 0. The van der Waals surface area contributed by atoms with Crippen molar-refractivity contribution in [1.82, 2.24) is 9.88 Å². The highest BCUT2D eigenvalue weighted by Crippen LogP contribution is 2.31. The molecule has 1 amide bonds. The fraction of sp³-hybridized carbons (Fsp3) is 0.222. The summed E-state index contributed by atoms with van der Waals surface area (Å²) >= 11 is 11.2. The van der Waals surface area contributed by atoms with Crippen molar-refractivity contribution in [2.75, 3.05) is 31.1 Å². The molecule has 7 nitrogen and oxygen atoms in total. The van der Waals surface area contributed by atoms with E-state index in [4.69, 9.17) is 11.6 Å². The van der Waals surface area contributed by atoms with Gasteiger partial charge in [0.25, 0.3) is 11.6 Å². The first-order valence-corrected chi connectivity index (χ1v) is 10.5. The van der Waals surface area contributed by atoms with Crippen molar-refractivity contribution in [3.8, 4) is 0 Å². The summed E-state index contributed by atoms with van der Waals surface area (Å²) in [6.45, 7) is 2.27. The van der Waals surface area contributed by atoms with Gasteiger partial charge in [-0.2, -0.15) is 0 Å². The number of non-ortho nitro benzene ring substituents is 1. The zero-order valence-electron chi connectivity index (χ0n) is 14.5. The first-order chi connectivity index (χ1) is 13.4. The Morgan fingerprint density at radius 3 is 2.64 bits per heavy atom. The molecule has 1 aliphatic heterocycles. The van der Waals surface area contributed by atoms with Crippen LogP contribution in [0.2, 0.25) is 5.02 Å². The van der Waals surface area contributed by atoms with Crippen molar-refractivity contribution in [2.24, 2.45) is 0 Å². The number of piperazine rings is 1. The number of rotatable bonds is 3. The minimum absolute atomic E-state index is 0.146. The van der Waals surface area contributed by atoms with Gasteiger partial charge in [-0.3, -0.25) is 14.9 Å². The molecule has 0 saturated carbocycles. The maximum Gasteiger partial charge on any atom is 0.270 e. The number of aromatic nitrogens is 1. The van der Waals surface area contributed by atoms with Crippen LogP contribution in [0.25, 0.3) is 10.2 Å². The molecule has 3 aromatic rings. The van der Waals surface area contributed by atoms with Gasteiger partial charge in [0.1, 0.15) is 0 Å². The van der Waals surface area contributed by atoms with E-state index in [9.17, 15) is 14.9 Å². The molecule has 0 unspecified atom stereocenters. The highest BCUT2D eigenvalue weighted by atomic mass is 79.9. The van der Waals surface area contributed by atoms with E-state index in [-0.39, 0.29) is 22.2 Å². The molecule has 1 aromatic heterocycles. The fourth-order valence-corrected chi connectivity index (χ4v) is 4.85. The molecule has 0 atom stereocenters. The van der Waals surface area contributed by atoms with Crippen LogP contribution >= 0.6 is 38.9 Å². The summed E-state index contributed by atoms with van der Waals surface area (Å²) < 4.78 is 2.12. The Labute approximate surface area is 177 Å². The summed E-state index contributed by atoms with van der Waals surface area (Å²) in [5, 5.41) is 12.1. The molecule has 0 radical (unpaired) electrons. The number of nitro groups is 1. The minimum atomic E-state index is -0.531. The second-order valence-corrected chi connectivity index (χ2v) is 8.64. The number of nitrogens with zero attached hydrogens (tertiary/aromatic N) is 4. The predicted molar refractivity (Wildman–Crippen MR) is 114 cm³/mol.